The lowest BCUT2D eigenvalue weighted by Crippen LogP contribution is -2.32. The average Bonchev–Trinajstić information content (AvgIpc) is 1.81. The fraction of sp³-hybridized carbons (Fsp3) is 0.875. The molecule has 2 nitrogen and oxygen atoms in total. The minimum absolute atomic E-state index is 0.127. The molecule has 0 saturated carbocycles. The van der Waals surface area contributed by atoms with E-state index in [1.165, 1.54) is 19.8 Å². The van der Waals surface area contributed by atoms with Gasteiger partial charge in [0.25, 0.3) is 5.97 Å². The second-order valence-corrected chi connectivity index (χ2v) is 7.68. The maximum atomic E-state index is 10.6. The summed E-state index contributed by atoms with van der Waals surface area (Å²) < 4.78 is 5.24. The van der Waals surface area contributed by atoms with Gasteiger partial charge in [-0.05, 0) is 19.1 Å². The van der Waals surface area contributed by atoms with Gasteiger partial charge in [0.05, 0.1) is 0 Å². The van der Waals surface area contributed by atoms with E-state index in [1.54, 1.807) is 0 Å². The Balaban J connectivity index is 3.70. The van der Waals surface area contributed by atoms with E-state index in [4.69, 9.17) is 4.43 Å². The smallest absolute Gasteiger partial charge is 0.289 e. The van der Waals surface area contributed by atoms with Gasteiger partial charge in [-0.15, -0.1) is 0 Å². The molecule has 0 N–H and O–H groups in total. The molecule has 0 aliphatic heterocycles. The SMILES string of the molecule is CCCC[Si](C)(C)OC(C)=O. The molecule has 0 unspecified atom stereocenters. The van der Waals surface area contributed by atoms with E-state index in [-0.39, 0.29) is 5.97 Å². The van der Waals surface area contributed by atoms with E-state index in [0.29, 0.717) is 0 Å². The van der Waals surface area contributed by atoms with Crippen molar-refractivity contribution in [2.24, 2.45) is 0 Å². The molecule has 0 aromatic rings. The summed E-state index contributed by atoms with van der Waals surface area (Å²) in [7, 11) is -1.64. The van der Waals surface area contributed by atoms with Crippen LogP contribution in [0, 0.1) is 0 Å². The Kier molecular flexibility index (Phi) is 4.41. The van der Waals surface area contributed by atoms with Crippen LogP contribution in [0.1, 0.15) is 26.7 Å². The first-order valence-corrected chi connectivity index (χ1v) is 7.29. The third kappa shape index (κ3) is 6.10. The molecule has 0 amide bonds. The molecule has 0 bridgehead atoms. The van der Waals surface area contributed by atoms with Crippen molar-refractivity contribution in [3.8, 4) is 0 Å². The molecule has 0 spiro atoms. The van der Waals surface area contributed by atoms with Crippen molar-refractivity contribution in [3.05, 3.63) is 0 Å². The van der Waals surface area contributed by atoms with Gasteiger partial charge in [0.1, 0.15) is 0 Å². The Hall–Kier alpha value is -0.313. The minimum Gasteiger partial charge on any atom is -0.520 e. The Morgan fingerprint density at radius 1 is 1.45 bits per heavy atom. The van der Waals surface area contributed by atoms with E-state index in [9.17, 15) is 4.79 Å². The lowest BCUT2D eigenvalue weighted by Gasteiger charge is -2.21. The van der Waals surface area contributed by atoms with Gasteiger partial charge in [0.2, 0.25) is 8.32 Å². The standard InChI is InChI=1S/C8H18O2Si/c1-5-6-7-11(3,4)10-8(2)9/h5-7H2,1-4H3. The van der Waals surface area contributed by atoms with Crippen LogP contribution in [-0.4, -0.2) is 14.3 Å². The molecule has 0 saturated heterocycles. The molecular weight excluding hydrogens is 156 g/mol. The average molecular weight is 174 g/mol. The molecule has 3 heteroatoms. The predicted octanol–water partition coefficient (Wildman–Crippen LogP) is 2.55. The maximum absolute atomic E-state index is 10.6. The zero-order chi connectivity index (χ0) is 8.91. The summed E-state index contributed by atoms with van der Waals surface area (Å²) in [6, 6.07) is 1.09. The first-order valence-electron chi connectivity index (χ1n) is 4.17. The largest absolute Gasteiger partial charge is 0.520 e. The van der Waals surface area contributed by atoms with E-state index in [0.717, 1.165) is 6.04 Å². The third-order valence-corrected chi connectivity index (χ3v) is 3.95. The molecule has 0 radical (unpaired) electrons. The Morgan fingerprint density at radius 3 is 2.36 bits per heavy atom. The summed E-state index contributed by atoms with van der Waals surface area (Å²) in [5.74, 6) is -0.127. The van der Waals surface area contributed by atoms with Crippen molar-refractivity contribution in [3.63, 3.8) is 0 Å². The van der Waals surface area contributed by atoms with Gasteiger partial charge in [-0.1, -0.05) is 19.8 Å². The first kappa shape index (κ1) is 10.7. The van der Waals surface area contributed by atoms with Crippen LogP contribution in [-0.2, 0) is 9.22 Å². The topological polar surface area (TPSA) is 26.3 Å². The van der Waals surface area contributed by atoms with Gasteiger partial charge >= 0.3 is 0 Å². The molecule has 0 atom stereocenters. The van der Waals surface area contributed by atoms with Crippen molar-refractivity contribution in [2.45, 2.75) is 45.8 Å². The highest BCUT2D eigenvalue weighted by Crippen LogP contribution is 2.14. The molecule has 66 valence electrons. The Labute approximate surface area is 70.1 Å². The van der Waals surface area contributed by atoms with Gasteiger partial charge in [0.15, 0.2) is 0 Å². The fourth-order valence-electron chi connectivity index (χ4n) is 1.04. The van der Waals surface area contributed by atoms with E-state index >= 15 is 0 Å². The zero-order valence-electron chi connectivity index (χ0n) is 7.94. The van der Waals surface area contributed by atoms with Crippen LogP contribution in [0.15, 0.2) is 0 Å². The second-order valence-electron chi connectivity index (χ2n) is 3.46. The van der Waals surface area contributed by atoms with Crippen LogP contribution in [0.3, 0.4) is 0 Å². The predicted molar refractivity (Wildman–Crippen MR) is 49.0 cm³/mol. The summed E-state index contributed by atoms with van der Waals surface area (Å²) in [4.78, 5) is 10.6. The van der Waals surface area contributed by atoms with Crippen LogP contribution in [0.5, 0.6) is 0 Å². The quantitative estimate of drug-likeness (QED) is 0.612. The summed E-state index contributed by atoms with van der Waals surface area (Å²) >= 11 is 0. The lowest BCUT2D eigenvalue weighted by molar-refractivity contribution is -0.132. The highest BCUT2D eigenvalue weighted by molar-refractivity contribution is 6.72. The van der Waals surface area contributed by atoms with E-state index < -0.39 is 8.32 Å². The molecule has 11 heavy (non-hydrogen) atoms. The molecule has 0 rings (SSSR count). The van der Waals surface area contributed by atoms with Crippen molar-refractivity contribution < 1.29 is 9.22 Å². The number of hydrogen-bond donors (Lipinski definition) is 0. The molecule has 0 fully saturated rings. The summed E-state index contributed by atoms with van der Waals surface area (Å²) in [6.45, 7) is 7.81. The van der Waals surface area contributed by atoms with Crippen LogP contribution >= 0.6 is 0 Å². The Bertz CT molecular complexity index is 132. The summed E-state index contributed by atoms with van der Waals surface area (Å²) in [6.07, 6.45) is 2.35. The summed E-state index contributed by atoms with van der Waals surface area (Å²) in [5.41, 5.74) is 0. The van der Waals surface area contributed by atoms with Crippen LogP contribution in [0.4, 0.5) is 0 Å². The minimum atomic E-state index is -1.64. The van der Waals surface area contributed by atoms with Crippen molar-refractivity contribution >= 4 is 14.3 Å². The van der Waals surface area contributed by atoms with Gasteiger partial charge in [-0.3, -0.25) is 4.79 Å². The van der Waals surface area contributed by atoms with Crippen molar-refractivity contribution in [1.82, 2.24) is 0 Å². The van der Waals surface area contributed by atoms with Crippen LogP contribution in [0.2, 0.25) is 19.1 Å². The van der Waals surface area contributed by atoms with Crippen LogP contribution < -0.4 is 0 Å². The number of hydrogen-bond acceptors (Lipinski definition) is 2. The van der Waals surface area contributed by atoms with Gasteiger partial charge < -0.3 is 4.43 Å². The van der Waals surface area contributed by atoms with Gasteiger partial charge in [-0.25, -0.2) is 0 Å². The van der Waals surface area contributed by atoms with E-state index in [1.807, 2.05) is 0 Å². The third-order valence-electron chi connectivity index (χ3n) is 1.55. The van der Waals surface area contributed by atoms with Crippen molar-refractivity contribution in [2.75, 3.05) is 0 Å². The molecule has 0 heterocycles. The molecule has 0 aliphatic rings. The number of carbonyl (C=O) groups is 1. The van der Waals surface area contributed by atoms with Crippen LogP contribution in [0.25, 0.3) is 0 Å². The molecule has 0 aromatic carbocycles. The fourth-order valence-corrected chi connectivity index (χ4v) is 3.13. The molecule has 0 aliphatic carbocycles. The van der Waals surface area contributed by atoms with Crippen molar-refractivity contribution in [1.29, 1.82) is 0 Å². The number of rotatable bonds is 4. The monoisotopic (exact) mass is 174 g/mol. The van der Waals surface area contributed by atoms with E-state index in [2.05, 4.69) is 20.0 Å². The second kappa shape index (κ2) is 4.54. The lowest BCUT2D eigenvalue weighted by atomic mass is 10.4. The zero-order valence-corrected chi connectivity index (χ0v) is 8.94. The molecule has 0 aromatic heterocycles. The normalized spacial score (nSPS) is 11.3. The maximum Gasteiger partial charge on any atom is 0.289 e. The summed E-state index contributed by atoms with van der Waals surface area (Å²) in [5, 5.41) is 0. The highest BCUT2D eigenvalue weighted by Gasteiger charge is 2.24. The number of carbonyl (C=O) groups excluding carboxylic acids is 1. The Morgan fingerprint density at radius 2 is 2.00 bits per heavy atom. The highest BCUT2D eigenvalue weighted by atomic mass is 28.4. The van der Waals surface area contributed by atoms with Gasteiger partial charge in [0, 0.05) is 6.92 Å². The number of unbranched alkanes of at least 4 members (excludes halogenated alkanes) is 1. The van der Waals surface area contributed by atoms with Gasteiger partial charge in [-0.2, -0.15) is 0 Å². The molecular formula is C8H18O2Si. The first-order chi connectivity index (χ1) is 4.98.